The van der Waals surface area contributed by atoms with Gasteiger partial charge in [-0.05, 0) is 32.2 Å². The number of hydrogen-bond donors (Lipinski definition) is 1. The second kappa shape index (κ2) is 6.88. The van der Waals surface area contributed by atoms with Crippen LogP contribution >= 0.6 is 0 Å². The molecule has 2 fully saturated rings. The van der Waals surface area contributed by atoms with E-state index in [2.05, 4.69) is 19.2 Å². The molecule has 1 unspecified atom stereocenters. The summed E-state index contributed by atoms with van der Waals surface area (Å²) in [6.07, 6.45) is 7.43. The van der Waals surface area contributed by atoms with Gasteiger partial charge in [-0.1, -0.05) is 19.8 Å². The molecule has 1 saturated heterocycles. The number of nitrogens with one attached hydrogen (secondary N) is 1. The maximum Gasteiger partial charge on any atom is 0.0878 e. The topological polar surface area (TPSA) is 30.5 Å². The SMILES string of the molecule is CCCNC(CC1CC1)C1(OCC)CCOCC1. The molecular formula is C15H29NO2. The first-order valence-electron chi connectivity index (χ1n) is 7.76. The molecule has 2 rings (SSSR count). The Bertz CT molecular complexity index is 229. The molecule has 1 aliphatic heterocycles. The summed E-state index contributed by atoms with van der Waals surface area (Å²) in [5.41, 5.74) is 0.0325. The van der Waals surface area contributed by atoms with E-state index in [0.29, 0.717) is 6.04 Å². The molecular weight excluding hydrogens is 226 g/mol. The first-order chi connectivity index (χ1) is 8.80. The third-order valence-electron chi connectivity index (χ3n) is 4.31. The smallest absolute Gasteiger partial charge is 0.0878 e. The summed E-state index contributed by atoms with van der Waals surface area (Å²) in [6, 6.07) is 0.522. The van der Waals surface area contributed by atoms with Gasteiger partial charge in [-0.2, -0.15) is 0 Å². The van der Waals surface area contributed by atoms with E-state index in [1.807, 2.05) is 0 Å². The van der Waals surface area contributed by atoms with Crippen molar-refractivity contribution in [3.05, 3.63) is 0 Å². The van der Waals surface area contributed by atoms with Crippen molar-refractivity contribution in [2.45, 2.75) is 64.0 Å². The fraction of sp³-hybridized carbons (Fsp3) is 1.00. The standard InChI is InChI=1S/C15H29NO2/c1-3-9-16-14(12-13-5-6-13)15(18-4-2)7-10-17-11-8-15/h13-14,16H,3-12H2,1-2H3. The molecule has 0 aromatic carbocycles. The second-order valence-electron chi connectivity index (χ2n) is 5.80. The van der Waals surface area contributed by atoms with Crippen LogP contribution in [0, 0.1) is 5.92 Å². The van der Waals surface area contributed by atoms with Crippen LogP contribution < -0.4 is 5.32 Å². The zero-order chi connectivity index (χ0) is 12.8. The predicted molar refractivity (Wildman–Crippen MR) is 73.8 cm³/mol. The van der Waals surface area contributed by atoms with Crippen LogP contribution in [-0.2, 0) is 9.47 Å². The minimum absolute atomic E-state index is 0.0325. The molecule has 0 aromatic rings. The molecule has 3 nitrogen and oxygen atoms in total. The van der Waals surface area contributed by atoms with Crippen LogP contribution in [0.4, 0.5) is 0 Å². The van der Waals surface area contributed by atoms with Crippen LogP contribution in [0.3, 0.4) is 0 Å². The van der Waals surface area contributed by atoms with Crippen LogP contribution in [0.15, 0.2) is 0 Å². The van der Waals surface area contributed by atoms with E-state index < -0.39 is 0 Å². The Morgan fingerprint density at radius 2 is 2.00 bits per heavy atom. The van der Waals surface area contributed by atoms with Gasteiger partial charge >= 0.3 is 0 Å². The largest absolute Gasteiger partial charge is 0.381 e. The van der Waals surface area contributed by atoms with Gasteiger partial charge in [0.2, 0.25) is 0 Å². The van der Waals surface area contributed by atoms with Gasteiger partial charge in [0.15, 0.2) is 0 Å². The van der Waals surface area contributed by atoms with Crippen molar-refractivity contribution in [1.29, 1.82) is 0 Å². The molecule has 1 heterocycles. The van der Waals surface area contributed by atoms with E-state index >= 15 is 0 Å². The molecule has 0 aromatic heterocycles. The van der Waals surface area contributed by atoms with Gasteiger partial charge in [-0.3, -0.25) is 0 Å². The van der Waals surface area contributed by atoms with E-state index in [9.17, 15) is 0 Å². The normalized spacial score (nSPS) is 25.0. The average molecular weight is 255 g/mol. The van der Waals surface area contributed by atoms with Crippen LogP contribution in [-0.4, -0.2) is 38.0 Å². The molecule has 0 amide bonds. The molecule has 3 heteroatoms. The highest BCUT2D eigenvalue weighted by Crippen LogP contribution is 2.39. The van der Waals surface area contributed by atoms with Gasteiger partial charge in [0, 0.05) is 38.7 Å². The van der Waals surface area contributed by atoms with Crippen molar-refractivity contribution >= 4 is 0 Å². The number of ether oxygens (including phenoxy) is 2. The van der Waals surface area contributed by atoms with Gasteiger partial charge in [0.25, 0.3) is 0 Å². The summed E-state index contributed by atoms with van der Waals surface area (Å²) in [7, 11) is 0. The summed E-state index contributed by atoms with van der Waals surface area (Å²) in [5, 5.41) is 3.76. The van der Waals surface area contributed by atoms with Crippen molar-refractivity contribution < 1.29 is 9.47 Å². The number of hydrogen-bond acceptors (Lipinski definition) is 3. The molecule has 1 N–H and O–H groups in total. The molecule has 0 radical (unpaired) electrons. The Balaban J connectivity index is 2.00. The first kappa shape index (κ1) is 14.3. The third-order valence-corrected chi connectivity index (χ3v) is 4.31. The molecule has 18 heavy (non-hydrogen) atoms. The van der Waals surface area contributed by atoms with E-state index in [0.717, 1.165) is 45.1 Å². The molecule has 106 valence electrons. The average Bonchev–Trinajstić information content (AvgIpc) is 3.20. The Hall–Kier alpha value is -0.120. The minimum Gasteiger partial charge on any atom is -0.381 e. The highest BCUT2D eigenvalue weighted by atomic mass is 16.5. The maximum atomic E-state index is 6.22. The quantitative estimate of drug-likeness (QED) is 0.723. The zero-order valence-electron chi connectivity index (χ0n) is 12.0. The monoisotopic (exact) mass is 255 g/mol. The summed E-state index contributed by atoms with van der Waals surface area (Å²) >= 11 is 0. The van der Waals surface area contributed by atoms with Crippen molar-refractivity contribution in [3.8, 4) is 0 Å². The number of rotatable bonds is 8. The van der Waals surface area contributed by atoms with Crippen LogP contribution in [0.5, 0.6) is 0 Å². The van der Waals surface area contributed by atoms with Gasteiger partial charge in [0.1, 0.15) is 0 Å². The van der Waals surface area contributed by atoms with E-state index in [1.54, 1.807) is 0 Å². The maximum absolute atomic E-state index is 6.22. The highest BCUT2D eigenvalue weighted by molar-refractivity contribution is 4.97. The Morgan fingerprint density at radius 1 is 1.28 bits per heavy atom. The Kier molecular flexibility index (Phi) is 5.46. The Labute approximate surface area is 112 Å². The second-order valence-corrected chi connectivity index (χ2v) is 5.80. The van der Waals surface area contributed by atoms with Crippen molar-refractivity contribution in [1.82, 2.24) is 5.32 Å². The fourth-order valence-electron chi connectivity index (χ4n) is 3.09. The van der Waals surface area contributed by atoms with E-state index in [1.165, 1.54) is 25.7 Å². The minimum atomic E-state index is 0.0325. The molecule has 1 aliphatic carbocycles. The summed E-state index contributed by atoms with van der Waals surface area (Å²) in [6.45, 7) is 7.98. The van der Waals surface area contributed by atoms with Gasteiger partial charge in [-0.25, -0.2) is 0 Å². The zero-order valence-corrected chi connectivity index (χ0v) is 12.0. The van der Waals surface area contributed by atoms with Crippen molar-refractivity contribution in [2.24, 2.45) is 5.92 Å². The summed E-state index contributed by atoms with van der Waals surface area (Å²) in [4.78, 5) is 0. The molecule has 1 saturated carbocycles. The van der Waals surface area contributed by atoms with Crippen molar-refractivity contribution in [2.75, 3.05) is 26.4 Å². The van der Waals surface area contributed by atoms with Gasteiger partial charge in [-0.15, -0.1) is 0 Å². The first-order valence-corrected chi connectivity index (χ1v) is 7.76. The molecule has 0 bridgehead atoms. The van der Waals surface area contributed by atoms with E-state index in [-0.39, 0.29) is 5.60 Å². The van der Waals surface area contributed by atoms with Gasteiger partial charge in [0.05, 0.1) is 5.60 Å². The Morgan fingerprint density at radius 3 is 2.56 bits per heavy atom. The lowest BCUT2D eigenvalue weighted by Gasteiger charge is -2.43. The summed E-state index contributed by atoms with van der Waals surface area (Å²) < 4.78 is 11.8. The van der Waals surface area contributed by atoms with Crippen LogP contribution in [0.2, 0.25) is 0 Å². The lowest BCUT2D eigenvalue weighted by Crippen LogP contribution is -2.56. The lowest BCUT2D eigenvalue weighted by atomic mass is 9.83. The van der Waals surface area contributed by atoms with Gasteiger partial charge < -0.3 is 14.8 Å². The van der Waals surface area contributed by atoms with Crippen LogP contribution in [0.1, 0.15) is 52.4 Å². The van der Waals surface area contributed by atoms with Crippen LogP contribution in [0.25, 0.3) is 0 Å². The van der Waals surface area contributed by atoms with Crippen molar-refractivity contribution in [3.63, 3.8) is 0 Å². The predicted octanol–water partition coefficient (Wildman–Crippen LogP) is 2.74. The molecule has 2 aliphatic rings. The third kappa shape index (κ3) is 3.69. The summed E-state index contributed by atoms with van der Waals surface area (Å²) in [5.74, 6) is 0.944. The molecule has 1 atom stereocenters. The highest BCUT2D eigenvalue weighted by Gasteiger charge is 2.43. The lowest BCUT2D eigenvalue weighted by molar-refractivity contribution is -0.128. The fourth-order valence-corrected chi connectivity index (χ4v) is 3.09. The molecule has 0 spiro atoms. The van der Waals surface area contributed by atoms with E-state index in [4.69, 9.17) is 9.47 Å².